The maximum Gasteiger partial charge on any atom is 0.433 e. The predicted octanol–water partition coefficient (Wildman–Crippen LogP) is 6.67. The zero-order valence-electron chi connectivity index (χ0n) is 16.3. The maximum absolute atomic E-state index is 13.6. The van der Waals surface area contributed by atoms with Gasteiger partial charge in [-0.2, -0.15) is 26.3 Å². The Bertz CT molecular complexity index is 781. The normalized spacial score (nSPS) is 13.5. The lowest BCUT2D eigenvalue weighted by molar-refractivity contribution is -0.142. The Morgan fingerprint density at radius 1 is 0.897 bits per heavy atom. The van der Waals surface area contributed by atoms with Gasteiger partial charge in [-0.15, -0.1) is 0 Å². The summed E-state index contributed by atoms with van der Waals surface area (Å²) in [5.41, 5.74) is -1.62. The van der Waals surface area contributed by atoms with E-state index < -0.39 is 29.5 Å². The van der Waals surface area contributed by atoms with E-state index in [1.54, 1.807) is 6.92 Å². The lowest BCUT2D eigenvalue weighted by Crippen LogP contribution is -2.23. The van der Waals surface area contributed by atoms with Gasteiger partial charge < -0.3 is 5.32 Å². The van der Waals surface area contributed by atoms with Crippen LogP contribution >= 0.6 is 0 Å². The van der Waals surface area contributed by atoms with Crippen molar-refractivity contribution in [3.8, 4) is 11.3 Å². The average Bonchev–Trinajstić information content (AvgIpc) is 2.66. The minimum atomic E-state index is -4.66. The van der Waals surface area contributed by atoms with E-state index in [0.29, 0.717) is 6.54 Å². The fraction of sp³-hybridized carbons (Fsp3) is 0.476. The number of rotatable bonds is 8. The summed E-state index contributed by atoms with van der Waals surface area (Å²) >= 11 is 0. The molecule has 0 saturated carbocycles. The number of unbranched alkanes of at least 4 members (excludes halogenated alkanes) is 2. The molecule has 1 N–H and O–H groups in total. The molecule has 2 rings (SSSR count). The zero-order chi connectivity index (χ0) is 21.7. The van der Waals surface area contributed by atoms with Gasteiger partial charge in [-0.3, -0.25) is 0 Å². The fourth-order valence-electron chi connectivity index (χ4n) is 3.01. The van der Waals surface area contributed by atoms with Crippen LogP contribution in [0, 0.1) is 0 Å². The third-order valence-corrected chi connectivity index (χ3v) is 4.64. The van der Waals surface area contributed by atoms with Gasteiger partial charge in [-0.05, 0) is 42.6 Å². The number of benzene rings is 1. The summed E-state index contributed by atoms with van der Waals surface area (Å²) in [5, 5.41) is 3.16. The van der Waals surface area contributed by atoms with Gasteiger partial charge in [0.2, 0.25) is 0 Å². The molecule has 0 aliphatic carbocycles. The van der Waals surface area contributed by atoms with E-state index in [4.69, 9.17) is 0 Å². The van der Waals surface area contributed by atoms with E-state index in [-0.39, 0.29) is 16.8 Å². The number of aromatic nitrogens is 1. The first-order valence-corrected chi connectivity index (χ1v) is 9.50. The molecule has 1 unspecified atom stereocenters. The number of hydrogen-bond acceptors (Lipinski definition) is 2. The molecule has 0 spiro atoms. The second-order valence-corrected chi connectivity index (χ2v) is 7.02. The molecule has 0 fully saturated rings. The largest absolute Gasteiger partial charge is 0.433 e. The van der Waals surface area contributed by atoms with Crippen molar-refractivity contribution in [1.29, 1.82) is 0 Å². The molecule has 1 aromatic heterocycles. The van der Waals surface area contributed by atoms with Crippen LogP contribution in [0.5, 0.6) is 0 Å². The third kappa shape index (κ3) is 6.45. The first-order valence-electron chi connectivity index (χ1n) is 9.50. The second kappa shape index (κ2) is 9.61. The van der Waals surface area contributed by atoms with Crippen LogP contribution in [0.3, 0.4) is 0 Å². The van der Waals surface area contributed by atoms with Crippen LogP contribution in [0.1, 0.15) is 55.8 Å². The Kier molecular flexibility index (Phi) is 7.68. The van der Waals surface area contributed by atoms with Crippen molar-refractivity contribution in [2.75, 3.05) is 13.1 Å². The van der Waals surface area contributed by atoms with Crippen molar-refractivity contribution < 1.29 is 26.3 Å². The van der Waals surface area contributed by atoms with Crippen LogP contribution in [0.4, 0.5) is 26.3 Å². The zero-order valence-corrected chi connectivity index (χ0v) is 16.3. The minimum absolute atomic E-state index is 0.0158. The number of halogens is 6. The van der Waals surface area contributed by atoms with Crippen molar-refractivity contribution in [3.05, 3.63) is 53.2 Å². The molecule has 160 valence electrons. The molecule has 0 amide bonds. The highest BCUT2D eigenvalue weighted by atomic mass is 19.4. The van der Waals surface area contributed by atoms with Crippen LogP contribution in [0.2, 0.25) is 0 Å². The van der Waals surface area contributed by atoms with Crippen LogP contribution in [-0.4, -0.2) is 18.1 Å². The molecule has 0 saturated heterocycles. The summed E-state index contributed by atoms with van der Waals surface area (Å²) in [7, 11) is 0. The van der Waals surface area contributed by atoms with Crippen LogP contribution in [0.25, 0.3) is 11.3 Å². The monoisotopic (exact) mass is 418 g/mol. The SMILES string of the molecule is CCCCCNCC(C)c1ccc(-c2ccc(C(F)(F)F)cc2)nc1C(F)(F)F. The summed E-state index contributed by atoms with van der Waals surface area (Å²) < 4.78 is 78.8. The molecule has 2 aromatic rings. The van der Waals surface area contributed by atoms with Gasteiger partial charge in [-0.25, -0.2) is 4.98 Å². The number of alkyl halides is 6. The molecule has 0 bridgehead atoms. The van der Waals surface area contributed by atoms with E-state index in [1.807, 2.05) is 0 Å². The van der Waals surface area contributed by atoms with Gasteiger partial charge in [0.05, 0.1) is 11.3 Å². The maximum atomic E-state index is 13.6. The van der Waals surface area contributed by atoms with Crippen molar-refractivity contribution in [3.63, 3.8) is 0 Å². The average molecular weight is 418 g/mol. The van der Waals surface area contributed by atoms with Crippen molar-refractivity contribution in [2.24, 2.45) is 0 Å². The molecule has 0 radical (unpaired) electrons. The number of nitrogens with one attached hydrogen (secondary N) is 1. The first kappa shape index (κ1) is 23.2. The van der Waals surface area contributed by atoms with Gasteiger partial charge in [0.25, 0.3) is 0 Å². The summed E-state index contributed by atoms with van der Waals surface area (Å²) in [5.74, 6) is -0.414. The highest BCUT2D eigenvalue weighted by Gasteiger charge is 2.37. The second-order valence-electron chi connectivity index (χ2n) is 7.02. The smallest absolute Gasteiger partial charge is 0.316 e. The standard InChI is InChI=1S/C21H24F6N2/c1-3-4-5-12-28-13-14(2)17-10-11-18(29-19(17)21(25,26)27)15-6-8-16(9-7-15)20(22,23)24/h6-11,14,28H,3-5,12-13H2,1-2H3. The Balaban J connectivity index is 2.25. The van der Waals surface area contributed by atoms with Crippen molar-refractivity contribution >= 4 is 0 Å². The number of hydrogen-bond donors (Lipinski definition) is 1. The Labute approximate surface area is 166 Å². The topological polar surface area (TPSA) is 24.9 Å². The van der Waals surface area contributed by atoms with Crippen LogP contribution in [0.15, 0.2) is 36.4 Å². The molecule has 1 heterocycles. The highest BCUT2D eigenvalue weighted by Crippen LogP contribution is 2.36. The predicted molar refractivity (Wildman–Crippen MR) is 100 cm³/mol. The summed E-state index contributed by atoms with van der Waals surface area (Å²) in [4.78, 5) is 3.75. The van der Waals surface area contributed by atoms with Gasteiger partial charge in [0, 0.05) is 12.1 Å². The molecule has 29 heavy (non-hydrogen) atoms. The lowest BCUT2D eigenvalue weighted by atomic mass is 9.97. The van der Waals surface area contributed by atoms with Crippen LogP contribution < -0.4 is 5.32 Å². The molecular formula is C21H24F6N2. The highest BCUT2D eigenvalue weighted by molar-refractivity contribution is 5.60. The molecule has 0 aliphatic heterocycles. The quantitative estimate of drug-likeness (QED) is 0.383. The molecule has 1 aromatic carbocycles. The Hall–Kier alpha value is -2.09. The van der Waals surface area contributed by atoms with Gasteiger partial charge in [0.1, 0.15) is 5.69 Å². The van der Waals surface area contributed by atoms with Crippen LogP contribution in [-0.2, 0) is 12.4 Å². The Morgan fingerprint density at radius 2 is 1.55 bits per heavy atom. The van der Waals surface area contributed by atoms with E-state index in [9.17, 15) is 26.3 Å². The van der Waals surface area contributed by atoms with E-state index in [2.05, 4.69) is 17.2 Å². The first-order chi connectivity index (χ1) is 13.5. The molecule has 8 heteroatoms. The number of pyridine rings is 1. The summed E-state index contributed by atoms with van der Waals surface area (Å²) in [6.45, 7) is 4.88. The lowest BCUT2D eigenvalue weighted by Gasteiger charge is -2.19. The molecule has 1 atom stereocenters. The van der Waals surface area contributed by atoms with E-state index >= 15 is 0 Å². The van der Waals surface area contributed by atoms with Gasteiger partial charge in [-0.1, -0.05) is 44.9 Å². The minimum Gasteiger partial charge on any atom is -0.316 e. The molecular weight excluding hydrogens is 394 g/mol. The van der Waals surface area contributed by atoms with Gasteiger partial charge >= 0.3 is 12.4 Å². The number of nitrogens with zero attached hydrogens (tertiary/aromatic N) is 1. The molecule has 2 nitrogen and oxygen atoms in total. The third-order valence-electron chi connectivity index (χ3n) is 4.64. The van der Waals surface area contributed by atoms with E-state index in [1.165, 1.54) is 12.1 Å². The fourth-order valence-corrected chi connectivity index (χ4v) is 3.01. The molecule has 0 aliphatic rings. The summed E-state index contributed by atoms with van der Waals surface area (Å²) in [6.07, 6.45) is -6.09. The summed E-state index contributed by atoms with van der Waals surface area (Å²) in [6, 6.07) is 6.71. The van der Waals surface area contributed by atoms with Gasteiger partial charge in [0.15, 0.2) is 0 Å². The van der Waals surface area contributed by atoms with Crippen molar-refractivity contribution in [2.45, 2.75) is 51.4 Å². The Morgan fingerprint density at radius 3 is 2.10 bits per heavy atom. The van der Waals surface area contributed by atoms with Crippen molar-refractivity contribution in [1.82, 2.24) is 10.3 Å². The van der Waals surface area contributed by atoms with E-state index in [0.717, 1.165) is 50.1 Å².